The van der Waals surface area contributed by atoms with Crippen LogP contribution in [0.1, 0.15) is 34.9 Å². The minimum atomic E-state index is -4.45. The number of ether oxygens (including phenoxy) is 1. The molecule has 148 valence electrons. The van der Waals surface area contributed by atoms with Crippen LogP contribution in [0.4, 0.5) is 13.2 Å². The van der Waals surface area contributed by atoms with E-state index in [-0.39, 0.29) is 17.5 Å². The lowest BCUT2D eigenvalue weighted by Crippen LogP contribution is -2.33. The number of amides is 1. The fourth-order valence-electron chi connectivity index (χ4n) is 3.09. The Morgan fingerprint density at radius 2 is 2.07 bits per heavy atom. The van der Waals surface area contributed by atoms with Crippen molar-refractivity contribution < 1.29 is 27.5 Å². The lowest BCUT2D eigenvalue weighted by Gasteiger charge is -2.23. The van der Waals surface area contributed by atoms with E-state index in [4.69, 9.17) is 4.74 Å². The van der Waals surface area contributed by atoms with E-state index < -0.39 is 24.3 Å². The molecule has 0 bridgehead atoms. The van der Waals surface area contributed by atoms with Gasteiger partial charge in [-0.3, -0.25) is 4.79 Å². The summed E-state index contributed by atoms with van der Waals surface area (Å²) in [4.78, 5) is 27.0. The summed E-state index contributed by atoms with van der Waals surface area (Å²) >= 11 is 1.58. The maximum Gasteiger partial charge on any atom is 0.416 e. The number of rotatable bonds is 5. The number of esters is 1. The molecule has 0 aliphatic carbocycles. The number of alkyl halides is 3. The minimum Gasteiger partial charge on any atom is -0.452 e. The molecule has 1 unspecified atom stereocenters. The topological polar surface area (TPSA) is 46.6 Å². The standard InChI is InChI=1S/C20H18F3NO3S/c21-20(22,23)15-5-1-4-14(12-15)8-9-19(26)27-13-18(25)24-10-2-6-16(24)17-7-3-11-28-17/h1,3-5,7-9,11-12,16H,2,6,10,13H2/b9-8+. The third-order valence-electron chi connectivity index (χ3n) is 4.41. The molecule has 1 atom stereocenters. The van der Waals surface area contributed by atoms with Crippen LogP contribution in [-0.4, -0.2) is 29.9 Å². The third kappa shape index (κ3) is 5.01. The van der Waals surface area contributed by atoms with Gasteiger partial charge in [0, 0.05) is 17.5 Å². The van der Waals surface area contributed by atoms with Gasteiger partial charge in [-0.1, -0.05) is 18.2 Å². The highest BCUT2D eigenvalue weighted by Crippen LogP contribution is 2.34. The molecule has 1 saturated heterocycles. The van der Waals surface area contributed by atoms with Crippen molar-refractivity contribution in [2.75, 3.05) is 13.2 Å². The first kappa shape index (κ1) is 20.1. The molecule has 0 N–H and O–H groups in total. The summed E-state index contributed by atoms with van der Waals surface area (Å²) < 4.78 is 43.1. The lowest BCUT2D eigenvalue weighted by molar-refractivity contribution is -0.148. The summed E-state index contributed by atoms with van der Waals surface area (Å²) in [7, 11) is 0. The fraction of sp³-hybridized carbons (Fsp3) is 0.300. The van der Waals surface area contributed by atoms with E-state index in [2.05, 4.69) is 0 Å². The molecule has 8 heteroatoms. The highest BCUT2D eigenvalue weighted by Gasteiger charge is 2.31. The Bertz CT molecular complexity index is 862. The molecule has 0 saturated carbocycles. The van der Waals surface area contributed by atoms with Gasteiger partial charge >= 0.3 is 12.1 Å². The van der Waals surface area contributed by atoms with Gasteiger partial charge in [-0.25, -0.2) is 4.79 Å². The quantitative estimate of drug-likeness (QED) is 0.532. The van der Waals surface area contributed by atoms with Crippen LogP contribution in [0.3, 0.4) is 0 Å². The summed E-state index contributed by atoms with van der Waals surface area (Å²) in [5.74, 6) is -1.06. The van der Waals surface area contributed by atoms with Gasteiger partial charge in [0.1, 0.15) is 0 Å². The van der Waals surface area contributed by atoms with Crippen LogP contribution in [0.5, 0.6) is 0 Å². The molecule has 1 aromatic heterocycles. The van der Waals surface area contributed by atoms with Gasteiger partial charge in [0.15, 0.2) is 6.61 Å². The number of thiophene rings is 1. The normalized spacial score (nSPS) is 17.2. The molecular weight excluding hydrogens is 391 g/mol. The number of likely N-dealkylation sites (tertiary alicyclic amines) is 1. The van der Waals surface area contributed by atoms with Gasteiger partial charge in [0.2, 0.25) is 0 Å². The summed E-state index contributed by atoms with van der Waals surface area (Å²) in [5, 5.41) is 1.95. The molecule has 1 aliphatic rings. The number of hydrogen-bond acceptors (Lipinski definition) is 4. The summed E-state index contributed by atoms with van der Waals surface area (Å²) in [6, 6.07) is 8.51. The Hall–Kier alpha value is -2.61. The first-order valence-corrected chi connectivity index (χ1v) is 9.57. The van der Waals surface area contributed by atoms with E-state index in [1.807, 2.05) is 17.5 Å². The van der Waals surface area contributed by atoms with Crippen LogP contribution in [0.15, 0.2) is 47.9 Å². The van der Waals surface area contributed by atoms with Crippen molar-refractivity contribution in [2.45, 2.75) is 25.1 Å². The maximum atomic E-state index is 12.7. The van der Waals surface area contributed by atoms with Crippen molar-refractivity contribution in [3.8, 4) is 0 Å². The Morgan fingerprint density at radius 3 is 2.79 bits per heavy atom. The minimum absolute atomic E-state index is 0.00634. The maximum absolute atomic E-state index is 12.7. The van der Waals surface area contributed by atoms with Crippen LogP contribution in [-0.2, 0) is 20.5 Å². The molecular formula is C20H18F3NO3S. The van der Waals surface area contributed by atoms with E-state index >= 15 is 0 Å². The van der Waals surface area contributed by atoms with E-state index in [0.717, 1.165) is 35.9 Å². The Kier molecular flexibility index (Phi) is 6.18. The Balaban J connectivity index is 1.54. The molecule has 3 rings (SSSR count). The average Bonchev–Trinajstić information content (AvgIpc) is 3.35. The molecule has 2 heterocycles. The largest absolute Gasteiger partial charge is 0.452 e. The monoisotopic (exact) mass is 409 g/mol. The molecule has 4 nitrogen and oxygen atoms in total. The Labute approximate surface area is 164 Å². The van der Waals surface area contributed by atoms with Gasteiger partial charge in [0.25, 0.3) is 5.91 Å². The zero-order valence-corrected chi connectivity index (χ0v) is 15.6. The molecule has 0 spiro atoms. The second-order valence-corrected chi connectivity index (χ2v) is 7.30. The summed E-state index contributed by atoms with van der Waals surface area (Å²) in [5.41, 5.74) is -0.581. The number of carbonyl (C=O) groups excluding carboxylic acids is 2. The van der Waals surface area contributed by atoms with Crippen molar-refractivity contribution in [1.82, 2.24) is 4.90 Å². The second-order valence-electron chi connectivity index (χ2n) is 6.32. The van der Waals surface area contributed by atoms with Gasteiger partial charge in [-0.15, -0.1) is 11.3 Å². The smallest absolute Gasteiger partial charge is 0.416 e. The molecule has 1 fully saturated rings. The van der Waals surface area contributed by atoms with Crippen molar-refractivity contribution >= 4 is 29.3 Å². The van der Waals surface area contributed by atoms with E-state index in [0.29, 0.717) is 6.54 Å². The van der Waals surface area contributed by atoms with Crippen LogP contribution in [0.25, 0.3) is 6.08 Å². The highest BCUT2D eigenvalue weighted by molar-refractivity contribution is 7.10. The van der Waals surface area contributed by atoms with Gasteiger partial charge in [-0.05, 0) is 48.1 Å². The zero-order chi connectivity index (χ0) is 20.1. The molecule has 1 amide bonds. The number of nitrogens with zero attached hydrogens (tertiary/aromatic N) is 1. The van der Waals surface area contributed by atoms with Gasteiger partial charge < -0.3 is 9.64 Å². The van der Waals surface area contributed by atoms with Crippen LogP contribution < -0.4 is 0 Å². The van der Waals surface area contributed by atoms with Crippen molar-refractivity contribution in [3.05, 3.63) is 63.9 Å². The van der Waals surface area contributed by atoms with Crippen LogP contribution in [0, 0.1) is 0 Å². The molecule has 28 heavy (non-hydrogen) atoms. The predicted molar refractivity (Wildman–Crippen MR) is 99.4 cm³/mol. The first-order chi connectivity index (χ1) is 13.3. The van der Waals surface area contributed by atoms with Crippen molar-refractivity contribution in [3.63, 3.8) is 0 Å². The zero-order valence-electron chi connectivity index (χ0n) is 14.8. The highest BCUT2D eigenvalue weighted by atomic mass is 32.1. The van der Waals surface area contributed by atoms with Gasteiger partial charge in [-0.2, -0.15) is 13.2 Å². The molecule has 1 aliphatic heterocycles. The van der Waals surface area contributed by atoms with E-state index in [1.165, 1.54) is 18.2 Å². The molecule has 0 radical (unpaired) electrons. The van der Waals surface area contributed by atoms with E-state index in [1.54, 1.807) is 16.2 Å². The third-order valence-corrected chi connectivity index (χ3v) is 5.38. The number of carbonyl (C=O) groups is 2. The number of halogens is 3. The molecule has 1 aromatic carbocycles. The lowest BCUT2D eigenvalue weighted by atomic mass is 10.1. The fourth-order valence-corrected chi connectivity index (χ4v) is 3.96. The van der Waals surface area contributed by atoms with Gasteiger partial charge in [0.05, 0.1) is 11.6 Å². The first-order valence-electron chi connectivity index (χ1n) is 8.69. The van der Waals surface area contributed by atoms with Crippen LogP contribution >= 0.6 is 11.3 Å². The SMILES string of the molecule is O=C(/C=C/c1cccc(C(F)(F)F)c1)OCC(=O)N1CCCC1c1cccs1. The molecule has 2 aromatic rings. The second kappa shape index (κ2) is 8.60. The predicted octanol–water partition coefficient (Wildman–Crippen LogP) is 4.69. The number of benzene rings is 1. The average molecular weight is 409 g/mol. The summed E-state index contributed by atoms with van der Waals surface area (Å²) in [6.07, 6.45) is -0.450. The van der Waals surface area contributed by atoms with Crippen molar-refractivity contribution in [1.29, 1.82) is 0 Å². The van der Waals surface area contributed by atoms with E-state index in [9.17, 15) is 22.8 Å². The Morgan fingerprint density at radius 1 is 1.25 bits per heavy atom. The summed E-state index contributed by atoms with van der Waals surface area (Å²) in [6.45, 7) is 0.215. The van der Waals surface area contributed by atoms with Crippen molar-refractivity contribution in [2.24, 2.45) is 0 Å². The van der Waals surface area contributed by atoms with Crippen LogP contribution in [0.2, 0.25) is 0 Å². The number of hydrogen-bond donors (Lipinski definition) is 0.